The topological polar surface area (TPSA) is 59.1 Å². The largest absolute Gasteiger partial charge is 0.324 e. The molecule has 0 aliphatic heterocycles. The zero-order valence-electron chi connectivity index (χ0n) is 9.40. The van der Waals surface area contributed by atoms with Gasteiger partial charge in [-0.1, -0.05) is 19.8 Å². The fourth-order valence-electron chi connectivity index (χ4n) is 1.37. The van der Waals surface area contributed by atoms with Crippen molar-refractivity contribution >= 4 is 17.9 Å². The first-order valence-corrected chi connectivity index (χ1v) is 5.48. The number of amides is 1. The van der Waals surface area contributed by atoms with E-state index in [9.17, 15) is 9.59 Å². The lowest BCUT2D eigenvalue weighted by atomic mass is 10.2. The summed E-state index contributed by atoms with van der Waals surface area (Å²) in [6, 6.07) is 3.36. The summed E-state index contributed by atoms with van der Waals surface area (Å²) in [5, 5.41) is 2.69. The van der Waals surface area contributed by atoms with Crippen molar-refractivity contribution < 1.29 is 9.59 Å². The number of hydrogen-bond acceptors (Lipinski definition) is 3. The number of aldehydes is 1. The second-order valence-electron chi connectivity index (χ2n) is 3.56. The standard InChI is InChI=1S/C12H16N2O2/c1-2-3-4-7-12(16)14-10-6-5-8-13-11(10)9-15/h5-6,8-9H,2-4,7H2,1H3,(H,14,16). The maximum Gasteiger partial charge on any atom is 0.224 e. The van der Waals surface area contributed by atoms with Crippen LogP contribution in [0.3, 0.4) is 0 Å². The van der Waals surface area contributed by atoms with Crippen LogP contribution in [-0.2, 0) is 4.79 Å². The third-order valence-corrected chi connectivity index (χ3v) is 2.23. The maximum atomic E-state index is 11.5. The molecule has 16 heavy (non-hydrogen) atoms. The monoisotopic (exact) mass is 220 g/mol. The van der Waals surface area contributed by atoms with Gasteiger partial charge in [0, 0.05) is 12.6 Å². The van der Waals surface area contributed by atoms with E-state index in [1.54, 1.807) is 12.1 Å². The molecule has 0 saturated carbocycles. The van der Waals surface area contributed by atoms with Gasteiger partial charge in [-0.2, -0.15) is 0 Å². The van der Waals surface area contributed by atoms with E-state index in [0.29, 0.717) is 18.4 Å². The van der Waals surface area contributed by atoms with Crippen LogP contribution >= 0.6 is 0 Å². The molecule has 0 aromatic carbocycles. The Morgan fingerprint density at radius 2 is 2.31 bits per heavy atom. The lowest BCUT2D eigenvalue weighted by molar-refractivity contribution is -0.116. The summed E-state index contributed by atoms with van der Waals surface area (Å²) in [4.78, 5) is 26.0. The van der Waals surface area contributed by atoms with Gasteiger partial charge in [0.05, 0.1) is 5.69 Å². The molecule has 0 spiro atoms. The van der Waals surface area contributed by atoms with Gasteiger partial charge in [-0.05, 0) is 18.6 Å². The number of hydrogen-bond donors (Lipinski definition) is 1. The number of aromatic nitrogens is 1. The number of nitrogens with one attached hydrogen (secondary N) is 1. The van der Waals surface area contributed by atoms with Gasteiger partial charge in [-0.25, -0.2) is 0 Å². The summed E-state index contributed by atoms with van der Waals surface area (Å²) in [6.45, 7) is 2.09. The molecule has 1 N–H and O–H groups in total. The number of pyridine rings is 1. The third kappa shape index (κ3) is 3.81. The smallest absolute Gasteiger partial charge is 0.224 e. The van der Waals surface area contributed by atoms with Crippen LogP contribution in [0.1, 0.15) is 43.1 Å². The van der Waals surface area contributed by atoms with Crippen LogP contribution in [0.5, 0.6) is 0 Å². The molecule has 0 aliphatic carbocycles. The molecule has 1 aromatic heterocycles. The number of unbranched alkanes of at least 4 members (excludes halogenated alkanes) is 2. The Labute approximate surface area is 95.1 Å². The number of rotatable bonds is 6. The predicted molar refractivity (Wildman–Crippen MR) is 62.4 cm³/mol. The normalized spacial score (nSPS) is 9.81. The van der Waals surface area contributed by atoms with Crippen molar-refractivity contribution in [2.24, 2.45) is 0 Å². The summed E-state index contributed by atoms with van der Waals surface area (Å²) in [6.07, 6.45) is 5.65. The molecule has 4 heteroatoms. The van der Waals surface area contributed by atoms with Crippen molar-refractivity contribution in [1.82, 2.24) is 4.98 Å². The molecule has 86 valence electrons. The first-order chi connectivity index (χ1) is 7.77. The van der Waals surface area contributed by atoms with E-state index in [0.717, 1.165) is 19.3 Å². The summed E-state index contributed by atoms with van der Waals surface area (Å²) < 4.78 is 0. The quantitative estimate of drug-likeness (QED) is 0.591. The molecule has 0 unspecified atom stereocenters. The molecule has 0 radical (unpaired) electrons. The molecule has 0 fully saturated rings. The molecule has 0 bridgehead atoms. The molecule has 0 aliphatic rings. The van der Waals surface area contributed by atoms with Crippen LogP contribution in [0.15, 0.2) is 18.3 Å². The summed E-state index contributed by atoms with van der Waals surface area (Å²) in [5.41, 5.74) is 0.755. The van der Waals surface area contributed by atoms with Gasteiger partial charge in [-0.3, -0.25) is 14.6 Å². The Hall–Kier alpha value is -1.71. The zero-order valence-corrected chi connectivity index (χ0v) is 9.40. The van der Waals surface area contributed by atoms with Crippen LogP contribution in [0.2, 0.25) is 0 Å². The minimum Gasteiger partial charge on any atom is -0.324 e. The van der Waals surface area contributed by atoms with Gasteiger partial charge in [0.15, 0.2) is 6.29 Å². The Morgan fingerprint density at radius 3 is 3.00 bits per heavy atom. The van der Waals surface area contributed by atoms with Gasteiger partial charge < -0.3 is 5.32 Å². The summed E-state index contributed by atoms with van der Waals surface area (Å²) in [7, 11) is 0. The van der Waals surface area contributed by atoms with Gasteiger partial charge >= 0.3 is 0 Å². The highest BCUT2D eigenvalue weighted by molar-refractivity contribution is 5.95. The number of carbonyl (C=O) groups is 2. The van der Waals surface area contributed by atoms with Gasteiger partial charge in [0.1, 0.15) is 5.69 Å². The second-order valence-corrected chi connectivity index (χ2v) is 3.56. The van der Waals surface area contributed by atoms with E-state index in [-0.39, 0.29) is 11.6 Å². The molecule has 4 nitrogen and oxygen atoms in total. The molecule has 1 rings (SSSR count). The van der Waals surface area contributed by atoms with Crippen LogP contribution < -0.4 is 5.32 Å². The molecular formula is C12H16N2O2. The maximum absolute atomic E-state index is 11.5. The fraction of sp³-hybridized carbons (Fsp3) is 0.417. The van der Waals surface area contributed by atoms with Crippen LogP contribution in [0, 0.1) is 0 Å². The van der Waals surface area contributed by atoms with Crippen LogP contribution in [0.4, 0.5) is 5.69 Å². The minimum absolute atomic E-state index is 0.0652. The van der Waals surface area contributed by atoms with Gasteiger partial charge in [0.2, 0.25) is 5.91 Å². The lowest BCUT2D eigenvalue weighted by Crippen LogP contribution is -2.13. The second kappa shape index (κ2) is 6.71. The molecule has 1 amide bonds. The van der Waals surface area contributed by atoms with E-state index in [1.165, 1.54) is 6.20 Å². The lowest BCUT2D eigenvalue weighted by Gasteiger charge is -2.06. The van der Waals surface area contributed by atoms with E-state index in [2.05, 4.69) is 17.2 Å². The van der Waals surface area contributed by atoms with Crippen molar-refractivity contribution in [3.8, 4) is 0 Å². The third-order valence-electron chi connectivity index (χ3n) is 2.23. The first-order valence-electron chi connectivity index (χ1n) is 5.48. The fourth-order valence-corrected chi connectivity index (χ4v) is 1.37. The Morgan fingerprint density at radius 1 is 1.50 bits per heavy atom. The van der Waals surface area contributed by atoms with E-state index in [1.807, 2.05) is 0 Å². The zero-order chi connectivity index (χ0) is 11.8. The minimum atomic E-state index is -0.0652. The van der Waals surface area contributed by atoms with Crippen LogP contribution in [-0.4, -0.2) is 17.2 Å². The van der Waals surface area contributed by atoms with Gasteiger partial charge in [0.25, 0.3) is 0 Å². The van der Waals surface area contributed by atoms with Crippen molar-refractivity contribution in [2.45, 2.75) is 32.6 Å². The van der Waals surface area contributed by atoms with Gasteiger partial charge in [-0.15, -0.1) is 0 Å². The first kappa shape index (κ1) is 12.4. The highest BCUT2D eigenvalue weighted by Crippen LogP contribution is 2.10. The Bertz CT molecular complexity index is 364. The molecule has 1 heterocycles. The average molecular weight is 220 g/mol. The summed E-state index contributed by atoms with van der Waals surface area (Å²) >= 11 is 0. The molecule has 1 aromatic rings. The SMILES string of the molecule is CCCCCC(=O)Nc1cccnc1C=O. The number of anilines is 1. The van der Waals surface area contributed by atoms with Crippen molar-refractivity contribution in [3.05, 3.63) is 24.0 Å². The van der Waals surface area contributed by atoms with E-state index in [4.69, 9.17) is 0 Å². The van der Waals surface area contributed by atoms with Crippen molar-refractivity contribution in [1.29, 1.82) is 0 Å². The summed E-state index contributed by atoms with van der Waals surface area (Å²) in [5.74, 6) is -0.0652. The van der Waals surface area contributed by atoms with Crippen LogP contribution in [0.25, 0.3) is 0 Å². The average Bonchev–Trinajstić information content (AvgIpc) is 2.30. The highest BCUT2D eigenvalue weighted by Gasteiger charge is 2.06. The molecule has 0 saturated heterocycles. The van der Waals surface area contributed by atoms with E-state index >= 15 is 0 Å². The Balaban J connectivity index is 2.52. The number of nitrogens with zero attached hydrogens (tertiary/aromatic N) is 1. The predicted octanol–water partition coefficient (Wildman–Crippen LogP) is 2.41. The highest BCUT2D eigenvalue weighted by atomic mass is 16.1. The molecular weight excluding hydrogens is 204 g/mol. The number of carbonyl (C=O) groups excluding carboxylic acids is 2. The van der Waals surface area contributed by atoms with E-state index < -0.39 is 0 Å². The molecule has 0 atom stereocenters. The van der Waals surface area contributed by atoms with Crippen molar-refractivity contribution in [3.63, 3.8) is 0 Å². The Kier molecular flexibility index (Phi) is 5.19. The van der Waals surface area contributed by atoms with Crippen molar-refractivity contribution in [2.75, 3.05) is 5.32 Å².